The number of amides is 1. The molecule has 0 aliphatic carbocycles. The van der Waals surface area contributed by atoms with Crippen molar-refractivity contribution in [3.8, 4) is 17.6 Å². The number of nitrogens with one attached hydrogen (secondary N) is 1. The Hall–Kier alpha value is -3.75. The normalized spacial score (nSPS) is 10.9. The molecule has 0 spiro atoms. The summed E-state index contributed by atoms with van der Waals surface area (Å²) in [5.74, 6) is 0.617. The number of carbonyl (C=O) groups is 1. The number of hydrogen-bond donors (Lipinski definition) is 1. The standard InChI is InChI=1S/C27H25ClN2O3/c1-4-32-26-14-20(8-9-25(26)33-17-21-11-18(2)10-19(3)12-21)13-22(16-29)27(31)30-24-7-5-6-23(28)15-24/h5-15H,4,17H2,1-3H3,(H,30,31)/b22-13+. The average Bonchev–Trinajstić information content (AvgIpc) is 2.76. The molecule has 6 heteroatoms. The molecule has 0 saturated carbocycles. The van der Waals surface area contributed by atoms with E-state index in [9.17, 15) is 10.1 Å². The van der Waals surface area contributed by atoms with Gasteiger partial charge in [-0.2, -0.15) is 5.26 Å². The predicted octanol–water partition coefficient (Wildman–Crippen LogP) is 6.48. The Labute approximate surface area is 199 Å². The summed E-state index contributed by atoms with van der Waals surface area (Å²) < 4.78 is 11.8. The maximum Gasteiger partial charge on any atom is 0.266 e. The molecule has 168 valence electrons. The van der Waals surface area contributed by atoms with Crippen molar-refractivity contribution >= 4 is 29.3 Å². The number of anilines is 1. The van der Waals surface area contributed by atoms with Crippen LogP contribution in [0.4, 0.5) is 5.69 Å². The number of nitriles is 1. The fraction of sp³-hybridized carbons (Fsp3) is 0.185. The number of aryl methyl sites for hydroxylation is 2. The van der Waals surface area contributed by atoms with Crippen molar-refractivity contribution in [1.82, 2.24) is 0 Å². The molecule has 3 aromatic carbocycles. The van der Waals surface area contributed by atoms with Crippen molar-refractivity contribution in [2.75, 3.05) is 11.9 Å². The van der Waals surface area contributed by atoms with Gasteiger partial charge < -0.3 is 14.8 Å². The van der Waals surface area contributed by atoms with Gasteiger partial charge in [0.1, 0.15) is 18.2 Å². The Morgan fingerprint density at radius 1 is 1.03 bits per heavy atom. The van der Waals surface area contributed by atoms with E-state index in [2.05, 4.69) is 37.4 Å². The molecule has 0 unspecified atom stereocenters. The molecule has 0 atom stereocenters. The smallest absolute Gasteiger partial charge is 0.266 e. The van der Waals surface area contributed by atoms with E-state index in [1.165, 1.54) is 17.2 Å². The molecule has 1 amide bonds. The van der Waals surface area contributed by atoms with Gasteiger partial charge in [0.2, 0.25) is 0 Å². The van der Waals surface area contributed by atoms with E-state index >= 15 is 0 Å². The first-order chi connectivity index (χ1) is 15.9. The van der Waals surface area contributed by atoms with Crippen molar-refractivity contribution in [3.63, 3.8) is 0 Å². The van der Waals surface area contributed by atoms with Crippen LogP contribution >= 0.6 is 11.6 Å². The number of hydrogen-bond acceptors (Lipinski definition) is 4. The predicted molar refractivity (Wildman–Crippen MR) is 132 cm³/mol. The summed E-state index contributed by atoms with van der Waals surface area (Å²) in [6.45, 7) is 6.85. The second-order valence-corrected chi connectivity index (χ2v) is 7.99. The van der Waals surface area contributed by atoms with Crippen molar-refractivity contribution < 1.29 is 14.3 Å². The van der Waals surface area contributed by atoms with Crippen LogP contribution < -0.4 is 14.8 Å². The van der Waals surface area contributed by atoms with Crippen LogP contribution in [0.15, 0.2) is 66.2 Å². The van der Waals surface area contributed by atoms with Gasteiger partial charge in [-0.1, -0.05) is 53.1 Å². The minimum Gasteiger partial charge on any atom is -0.490 e. The zero-order chi connectivity index (χ0) is 23.8. The van der Waals surface area contributed by atoms with Crippen molar-refractivity contribution in [2.24, 2.45) is 0 Å². The van der Waals surface area contributed by atoms with Crippen molar-refractivity contribution in [3.05, 3.63) is 93.5 Å². The molecular weight excluding hydrogens is 436 g/mol. The lowest BCUT2D eigenvalue weighted by atomic mass is 10.1. The number of ether oxygens (including phenoxy) is 2. The van der Waals surface area contributed by atoms with Crippen LogP contribution in [0.3, 0.4) is 0 Å². The van der Waals surface area contributed by atoms with E-state index < -0.39 is 5.91 Å². The molecule has 0 saturated heterocycles. The first-order valence-electron chi connectivity index (χ1n) is 10.5. The number of rotatable bonds is 8. The van der Waals surface area contributed by atoms with E-state index in [1.54, 1.807) is 42.5 Å². The van der Waals surface area contributed by atoms with Crippen molar-refractivity contribution in [1.29, 1.82) is 5.26 Å². The molecule has 0 aliphatic heterocycles. The summed E-state index contributed by atoms with van der Waals surface area (Å²) in [4.78, 5) is 12.6. The van der Waals surface area contributed by atoms with Gasteiger partial charge in [0, 0.05) is 10.7 Å². The highest BCUT2D eigenvalue weighted by atomic mass is 35.5. The topological polar surface area (TPSA) is 71.3 Å². The lowest BCUT2D eigenvalue weighted by Crippen LogP contribution is -2.13. The highest BCUT2D eigenvalue weighted by Gasteiger charge is 2.12. The monoisotopic (exact) mass is 460 g/mol. The van der Waals surface area contributed by atoms with Crippen LogP contribution in [-0.4, -0.2) is 12.5 Å². The summed E-state index contributed by atoms with van der Waals surface area (Å²) in [5.41, 5.74) is 4.55. The number of nitrogens with zero attached hydrogens (tertiary/aromatic N) is 1. The molecule has 5 nitrogen and oxygen atoms in total. The fourth-order valence-electron chi connectivity index (χ4n) is 3.40. The van der Waals surface area contributed by atoms with Crippen LogP contribution in [0, 0.1) is 25.2 Å². The van der Waals surface area contributed by atoms with E-state index in [0.29, 0.717) is 41.0 Å². The van der Waals surface area contributed by atoms with Crippen LogP contribution in [0.2, 0.25) is 5.02 Å². The number of halogens is 1. The molecule has 0 fully saturated rings. The molecular formula is C27H25ClN2O3. The third kappa shape index (κ3) is 6.86. The Kier molecular flexibility index (Phi) is 8.12. The third-order valence-corrected chi connectivity index (χ3v) is 4.94. The van der Waals surface area contributed by atoms with Crippen molar-refractivity contribution in [2.45, 2.75) is 27.4 Å². The Bertz CT molecular complexity index is 1210. The zero-order valence-electron chi connectivity index (χ0n) is 18.8. The summed E-state index contributed by atoms with van der Waals surface area (Å²) in [7, 11) is 0. The van der Waals surface area contributed by atoms with Crippen LogP contribution in [0.1, 0.15) is 29.2 Å². The summed E-state index contributed by atoms with van der Waals surface area (Å²) in [5, 5.41) is 12.7. The maximum atomic E-state index is 12.6. The highest BCUT2D eigenvalue weighted by Crippen LogP contribution is 2.30. The minimum atomic E-state index is -0.520. The second kappa shape index (κ2) is 11.2. The fourth-order valence-corrected chi connectivity index (χ4v) is 3.59. The quantitative estimate of drug-likeness (QED) is 0.308. The van der Waals surface area contributed by atoms with E-state index in [1.807, 2.05) is 13.0 Å². The van der Waals surface area contributed by atoms with Crippen LogP contribution in [-0.2, 0) is 11.4 Å². The van der Waals surface area contributed by atoms with Gasteiger partial charge in [-0.25, -0.2) is 0 Å². The molecule has 0 radical (unpaired) electrons. The van der Waals surface area contributed by atoms with E-state index in [4.69, 9.17) is 21.1 Å². The Balaban J connectivity index is 1.79. The third-order valence-electron chi connectivity index (χ3n) is 4.70. The van der Waals surface area contributed by atoms with Gasteiger partial charge in [0.15, 0.2) is 11.5 Å². The molecule has 0 heterocycles. The van der Waals surface area contributed by atoms with E-state index in [-0.39, 0.29) is 5.57 Å². The summed E-state index contributed by atoms with van der Waals surface area (Å²) >= 11 is 5.96. The summed E-state index contributed by atoms with van der Waals surface area (Å²) in [6, 6.07) is 20.3. The first-order valence-corrected chi connectivity index (χ1v) is 10.9. The van der Waals surface area contributed by atoms with Gasteiger partial charge in [0.25, 0.3) is 5.91 Å². The molecule has 0 bridgehead atoms. The number of benzene rings is 3. The molecule has 1 N–H and O–H groups in total. The highest BCUT2D eigenvalue weighted by molar-refractivity contribution is 6.31. The number of carbonyl (C=O) groups excluding carboxylic acids is 1. The minimum absolute atomic E-state index is 0.0404. The zero-order valence-corrected chi connectivity index (χ0v) is 19.6. The first kappa shape index (κ1) is 23.9. The average molecular weight is 461 g/mol. The van der Waals surface area contributed by atoms with Gasteiger partial charge in [-0.05, 0) is 68.3 Å². The van der Waals surface area contributed by atoms with E-state index in [0.717, 1.165) is 5.56 Å². The molecule has 0 aliphatic rings. The van der Waals surface area contributed by atoms with Crippen LogP contribution in [0.5, 0.6) is 11.5 Å². The SMILES string of the molecule is CCOc1cc(/C=C(\C#N)C(=O)Nc2cccc(Cl)c2)ccc1OCc1cc(C)cc(C)c1. The largest absolute Gasteiger partial charge is 0.490 e. The summed E-state index contributed by atoms with van der Waals surface area (Å²) in [6.07, 6.45) is 1.51. The van der Waals surface area contributed by atoms with Gasteiger partial charge in [0.05, 0.1) is 6.61 Å². The Morgan fingerprint density at radius 2 is 1.79 bits per heavy atom. The van der Waals surface area contributed by atoms with Gasteiger partial charge >= 0.3 is 0 Å². The van der Waals surface area contributed by atoms with Gasteiger partial charge in [-0.15, -0.1) is 0 Å². The maximum absolute atomic E-state index is 12.6. The molecule has 3 aromatic rings. The lowest BCUT2D eigenvalue weighted by Gasteiger charge is -2.13. The Morgan fingerprint density at radius 3 is 2.45 bits per heavy atom. The molecule has 33 heavy (non-hydrogen) atoms. The molecule has 0 aromatic heterocycles. The lowest BCUT2D eigenvalue weighted by molar-refractivity contribution is -0.112. The second-order valence-electron chi connectivity index (χ2n) is 7.56. The van der Waals surface area contributed by atoms with Crippen LogP contribution in [0.25, 0.3) is 6.08 Å². The van der Waals surface area contributed by atoms with Gasteiger partial charge in [-0.3, -0.25) is 4.79 Å². The molecule has 3 rings (SSSR count).